The highest BCUT2D eigenvalue weighted by Gasteiger charge is 2.21. The first-order valence-electron chi connectivity index (χ1n) is 7.76. The molecule has 0 spiro atoms. The molecule has 24 heavy (non-hydrogen) atoms. The highest BCUT2D eigenvalue weighted by atomic mass is 16.1. The number of carbonyl (C=O) groups is 1. The Morgan fingerprint density at radius 2 is 1.71 bits per heavy atom. The van der Waals surface area contributed by atoms with Crippen LogP contribution in [0.25, 0.3) is 11.2 Å². The molecular formula is C16H17N7O. The predicted molar refractivity (Wildman–Crippen MR) is 91.1 cm³/mol. The second kappa shape index (κ2) is 5.80. The highest BCUT2D eigenvalue weighted by molar-refractivity contribution is 5.93. The van der Waals surface area contributed by atoms with Gasteiger partial charge in [-0.1, -0.05) is 0 Å². The minimum Gasteiger partial charge on any atom is -0.368 e. The molecule has 1 amide bonds. The summed E-state index contributed by atoms with van der Waals surface area (Å²) in [6.45, 7) is 3.44. The first kappa shape index (κ1) is 14.4. The third kappa shape index (κ3) is 2.51. The minimum absolute atomic E-state index is 0.404. The zero-order valence-electron chi connectivity index (χ0n) is 13.0. The molecule has 1 aromatic carbocycles. The number of aromatic nitrogens is 4. The smallest absolute Gasteiger partial charge is 0.248 e. The molecular weight excluding hydrogens is 306 g/mol. The maximum absolute atomic E-state index is 11.2. The van der Waals surface area contributed by atoms with E-state index in [-0.39, 0.29) is 0 Å². The molecule has 8 heteroatoms. The molecule has 8 nitrogen and oxygen atoms in total. The van der Waals surface area contributed by atoms with Gasteiger partial charge in [-0.05, 0) is 24.3 Å². The van der Waals surface area contributed by atoms with Crippen LogP contribution in [0.15, 0.2) is 36.9 Å². The lowest BCUT2D eigenvalue weighted by Gasteiger charge is -2.36. The number of H-pyrrole nitrogens is 1. The summed E-state index contributed by atoms with van der Waals surface area (Å²) >= 11 is 0. The molecule has 1 aliphatic rings. The summed E-state index contributed by atoms with van der Waals surface area (Å²) in [5.74, 6) is 0.486. The SMILES string of the molecule is NC(=O)c1ccc(N2CCN(c3ncnc4nc[nH]c34)CC2)cc1. The third-order valence-corrected chi connectivity index (χ3v) is 4.30. The summed E-state index contributed by atoms with van der Waals surface area (Å²) in [5.41, 5.74) is 8.46. The third-order valence-electron chi connectivity index (χ3n) is 4.30. The Hall–Kier alpha value is -3.16. The monoisotopic (exact) mass is 323 g/mol. The number of carbonyl (C=O) groups excluding carboxylic acids is 1. The lowest BCUT2D eigenvalue weighted by atomic mass is 10.1. The summed E-state index contributed by atoms with van der Waals surface area (Å²) in [6.07, 6.45) is 3.19. The largest absolute Gasteiger partial charge is 0.368 e. The van der Waals surface area contributed by atoms with E-state index in [1.54, 1.807) is 24.8 Å². The average Bonchev–Trinajstić information content (AvgIpc) is 3.11. The lowest BCUT2D eigenvalue weighted by molar-refractivity contribution is 0.100. The van der Waals surface area contributed by atoms with E-state index in [2.05, 4.69) is 29.7 Å². The minimum atomic E-state index is -0.404. The molecule has 0 saturated carbocycles. The van der Waals surface area contributed by atoms with Crippen molar-refractivity contribution in [1.29, 1.82) is 0 Å². The van der Waals surface area contributed by atoms with E-state index in [0.29, 0.717) is 11.2 Å². The number of nitrogens with one attached hydrogen (secondary N) is 1. The molecule has 0 atom stereocenters. The fraction of sp³-hybridized carbons (Fsp3) is 0.250. The van der Waals surface area contributed by atoms with E-state index in [9.17, 15) is 4.79 Å². The molecule has 1 fully saturated rings. The van der Waals surface area contributed by atoms with E-state index < -0.39 is 5.91 Å². The number of imidazole rings is 1. The van der Waals surface area contributed by atoms with Gasteiger partial charge in [0.25, 0.3) is 0 Å². The topological polar surface area (TPSA) is 104 Å². The van der Waals surface area contributed by atoms with Gasteiger partial charge in [0.05, 0.1) is 6.33 Å². The van der Waals surface area contributed by atoms with Gasteiger partial charge in [0.2, 0.25) is 5.91 Å². The number of benzene rings is 1. The normalized spacial score (nSPS) is 15.0. The Morgan fingerprint density at radius 1 is 1.00 bits per heavy atom. The van der Waals surface area contributed by atoms with E-state index in [0.717, 1.165) is 43.2 Å². The van der Waals surface area contributed by atoms with Crippen molar-refractivity contribution in [2.45, 2.75) is 0 Å². The molecule has 0 bridgehead atoms. The summed E-state index contributed by atoms with van der Waals surface area (Å²) in [7, 11) is 0. The number of nitrogens with zero attached hydrogens (tertiary/aromatic N) is 5. The first-order valence-corrected chi connectivity index (χ1v) is 7.76. The Labute approximate surface area is 138 Å². The fourth-order valence-corrected chi connectivity index (χ4v) is 3.01. The standard InChI is InChI=1S/C16H17N7O/c17-14(24)11-1-3-12(4-2-11)22-5-7-23(8-6-22)16-13-15(19-9-18-13)20-10-21-16/h1-4,9-10H,5-8H2,(H2,17,24)(H,18,19,20,21). The van der Waals surface area contributed by atoms with Crippen molar-refractivity contribution in [3.63, 3.8) is 0 Å². The van der Waals surface area contributed by atoms with Crippen LogP contribution in [0.2, 0.25) is 0 Å². The van der Waals surface area contributed by atoms with E-state index in [1.807, 2.05) is 12.1 Å². The van der Waals surface area contributed by atoms with Gasteiger partial charge in [-0.2, -0.15) is 0 Å². The van der Waals surface area contributed by atoms with Crippen molar-refractivity contribution in [1.82, 2.24) is 19.9 Å². The Bertz CT molecular complexity index is 866. The molecule has 1 saturated heterocycles. The van der Waals surface area contributed by atoms with E-state index in [4.69, 9.17) is 5.73 Å². The number of amides is 1. The molecule has 0 unspecified atom stereocenters. The van der Waals surface area contributed by atoms with Gasteiger partial charge in [-0.15, -0.1) is 0 Å². The van der Waals surface area contributed by atoms with Gasteiger partial charge in [0, 0.05) is 37.4 Å². The van der Waals surface area contributed by atoms with E-state index >= 15 is 0 Å². The number of fused-ring (bicyclic) bond motifs is 1. The van der Waals surface area contributed by atoms with Gasteiger partial charge < -0.3 is 20.5 Å². The second-order valence-corrected chi connectivity index (χ2v) is 5.68. The number of hydrogen-bond acceptors (Lipinski definition) is 6. The zero-order valence-corrected chi connectivity index (χ0v) is 13.0. The maximum Gasteiger partial charge on any atom is 0.248 e. The summed E-state index contributed by atoms with van der Waals surface area (Å²) in [6, 6.07) is 7.41. The van der Waals surface area contributed by atoms with Crippen LogP contribution < -0.4 is 15.5 Å². The average molecular weight is 323 g/mol. The molecule has 3 heterocycles. The molecule has 0 aliphatic carbocycles. The van der Waals surface area contributed by atoms with Crippen LogP contribution in [0.4, 0.5) is 11.5 Å². The van der Waals surface area contributed by atoms with Gasteiger partial charge in [-0.3, -0.25) is 4.79 Å². The molecule has 3 N–H and O–H groups in total. The number of aromatic amines is 1. The predicted octanol–water partition coefficient (Wildman–Crippen LogP) is 0.778. The van der Waals surface area contributed by atoms with Crippen molar-refractivity contribution in [2.75, 3.05) is 36.0 Å². The Kier molecular flexibility index (Phi) is 3.49. The number of nitrogens with two attached hydrogens (primary N) is 1. The summed E-state index contributed by atoms with van der Waals surface area (Å²) < 4.78 is 0. The molecule has 2 aromatic heterocycles. The fourth-order valence-electron chi connectivity index (χ4n) is 3.01. The number of rotatable bonds is 3. The summed E-state index contributed by atoms with van der Waals surface area (Å²) in [4.78, 5) is 31.5. The van der Waals surface area contributed by atoms with Crippen molar-refractivity contribution >= 4 is 28.6 Å². The van der Waals surface area contributed by atoms with Gasteiger partial charge in [0.15, 0.2) is 11.5 Å². The van der Waals surface area contributed by atoms with Crippen LogP contribution in [0, 0.1) is 0 Å². The first-order chi connectivity index (χ1) is 11.7. The molecule has 0 radical (unpaired) electrons. The van der Waals surface area contributed by atoms with E-state index in [1.165, 1.54) is 0 Å². The Morgan fingerprint density at radius 3 is 2.42 bits per heavy atom. The molecule has 122 valence electrons. The van der Waals surface area contributed by atoms with Crippen LogP contribution in [0.5, 0.6) is 0 Å². The van der Waals surface area contributed by atoms with Gasteiger partial charge in [0.1, 0.15) is 11.8 Å². The number of anilines is 2. The molecule has 3 aromatic rings. The molecule has 4 rings (SSSR count). The van der Waals surface area contributed by atoms with Crippen LogP contribution in [-0.4, -0.2) is 52.0 Å². The number of primary amides is 1. The Balaban J connectivity index is 1.48. The number of piperazine rings is 1. The maximum atomic E-state index is 11.2. The van der Waals surface area contributed by atoms with Crippen molar-refractivity contribution in [3.8, 4) is 0 Å². The zero-order chi connectivity index (χ0) is 16.5. The van der Waals surface area contributed by atoms with Crippen molar-refractivity contribution < 1.29 is 4.79 Å². The second-order valence-electron chi connectivity index (χ2n) is 5.68. The van der Waals surface area contributed by atoms with Crippen molar-refractivity contribution in [2.24, 2.45) is 5.73 Å². The van der Waals surface area contributed by atoms with Crippen LogP contribution >= 0.6 is 0 Å². The van der Waals surface area contributed by atoms with Gasteiger partial charge in [-0.25, -0.2) is 15.0 Å². The van der Waals surface area contributed by atoms with Gasteiger partial charge >= 0.3 is 0 Å². The van der Waals surface area contributed by atoms with Crippen molar-refractivity contribution in [3.05, 3.63) is 42.5 Å². The lowest BCUT2D eigenvalue weighted by Crippen LogP contribution is -2.47. The quantitative estimate of drug-likeness (QED) is 0.738. The van der Waals surface area contributed by atoms with Crippen LogP contribution in [-0.2, 0) is 0 Å². The molecule has 1 aliphatic heterocycles. The highest BCUT2D eigenvalue weighted by Crippen LogP contribution is 2.23. The van der Waals surface area contributed by atoms with Crippen LogP contribution in [0.1, 0.15) is 10.4 Å². The summed E-state index contributed by atoms with van der Waals surface area (Å²) in [5, 5.41) is 0. The van der Waals surface area contributed by atoms with Crippen LogP contribution in [0.3, 0.4) is 0 Å². The number of hydrogen-bond donors (Lipinski definition) is 2.